The van der Waals surface area contributed by atoms with E-state index >= 15 is 0 Å². The van der Waals surface area contributed by atoms with E-state index in [4.69, 9.17) is 23.7 Å². The summed E-state index contributed by atoms with van der Waals surface area (Å²) < 4.78 is 29.0. The lowest BCUT2D eigenvalue weighted by molar-refractivity contribution is -0.321. The molecule has 4 atom stereocenters. The first-order chi connectivity index (χ1) is 8.36. The number of hydrogen-bond donors (Lipinski definition) is 0. The Hall–Kier alpha value is -0.620. The normalized spacial score (nSPS) is 44.7. The lowest BCUT2D eigenvalue weighted by atomic mass is 10.0. The van der Waals surface area contributed by atoms with Gasteiger partial charge in [0.1, 0.15) is 24.4 Å². The summed E-state index contributed by atoms with van der Waals surface area (Å²) in [6.07, 6.45) is 2.92. The molecule has 5 nitrogen and oxygen atoms in total. The fourth-order valence-corrected chi connectivity index (χ4v) is 2.65. The van der Waals surface area contributed by atoms with Crippen molar-refractivity contribution in [2.75, 3.05) is 6.61 Å². The minimum atomic E-state index is -0.616. The highest BCUT2D eigenvalue weighted by Crippen LogP contribution is 2.38. The predicted molar refractivity (Wildman–Crippen MR) is 62.7 cm³/mol. The summed E-state index contributed by atoms with van der Waals surface area (Å²) >= 11 is 0. The van der Waals surface area contributed by atoms with Gasteiger partial charge in [0, 0.05) is 0 Å². The van der Waals surface area contributed by atoms with Crippen molar-refractivity contribution in [3.8, 4) is 0 Å². The van der Waals surface area contributed by atoms with Gasteiger partial charge in [0.25, 0.3) is 0 Å². The van der Waals surface area contributed by atoms with Crippen LogP contribution in [0, 0.1) is 0 Å². The van der Waals surface area contributed by atoms with Gasteiger partial charge < -0.3 is 23.7 Å². The van der Waals surface area contributed by atoms with E-state index in [-0.39, 0.29) is 24.4 Å². The molecular formula is C13H20O5. The van der Waals surface area contributed by atoms with Crippen molar-refractivity contribution in [1.82, 2.24) is 0 Å². The van der Waals surface area contributed by atoms with Crippen LogP contribution in [-0.4, -0.2) is 42.6 Å². The molecule has 0 N–H and O–H groups in total. The lowest BCUT2D eigenvalue weighted by Gasteiger charge is -2.42. The highest BCUT2D eigenvalue weighted by molar-refractivity contribution is 5.04. The van der Waals surface area contributed by atoms with Crippen molar-refractivity contribution in [2.24, 2.45) is 0 Å². The fraction of sp³-hybridized carbons (Fsp3) is 0.846. The van der Waals surface area contributed by atoms with Crippen molar-refractivity contribution in [3.63, 3.8) is 0 Å². The third kappa shape index (κ3) is 2.16. The standard InChI is InChI=1S/C13H20O5/c1-12(2)15-7-9-11(17-12)10-8(5-6-14-9)16-13(3,4)18-10/h5-6,8-11H,7H2,1-4H3/t8?,9?,10-,11+/m1/s1. The topological polar surface area (TPSA) is 46.2 Å². The van der Waals surface area contributed by atoms with Gasteiger partial charge in [-0.2, -0.15) is 0 Å². The molecule has 2 fully saturated rings. The summed E-state index contributed by atoms with van der Waals surface area (Å²) in [6, 6.07) is 0. The molecule has 3 heterocycles. The Morgan fingerprint density at radius 3 is 2.44 bits per heavy atom. The van der Waals surface area contributed by atoms with Crippen LogP contribution >= 0.6 is 0 Å². The molecule has 0 radical (unpaired) electrons. The fourth-order valence-electron chi connectivity index (χ4n) is 2.65. The molecule has 0 aliphatic carbocycles. The van der Waals surface area contributed by atoms with Crippen LogP contribution in [0.2, 0.25) is 0 Å². The van der Waals surface area contributed by atoms with E-state index in [1.807, 2.05) is 33.8 Å². The molecular weight excluding hydrogens is 236 g/mol. The molecule has 0 bridgehead atoms. The van der Waals surface area contributed by atoms with Crippen molar-refractivity contribution in [1.29, 1.82) is 0 Å². The van der Waals surface area contributed by atoms with E-state index in [9.17, 15) is 0 Å². The van der Waals surface area contributed by atoms with Crippen molar-refractivity contribution in [2.45, 2.75) is 63.7 Å². The molecule has 5 heteroatoms. The van der Waals surface area contributed by atoms with Crippen LogP contribution in [0.25, 0.3) is 0 Å². The van der Waals surface area contributed by atoms with Crippen LogP contribution in [0.4, 0.5) is 0 Å². The van der Waals surface area contributed by atoms with Gasteiger partial charge in [-0.25, -0.2) is 0 Å². The maximum absolute atomic E-state index is 5.97. The van der Waals surface area contributed by atoms with Crippen LogP contribution in [0.5, 0.6) is 0 Å². The molecule has 3 aliphatic heterocycles. The minimum Gasteiger partial charge on any atom is -0.493 e. The summed E-state index contributed by atoms with van der Waals surface area (Å²) in [5.74, 6) is -1.21. The SMILES string of the molecule is CC1(C)OC2C=COC3COC(C)(C)O[C@@H]3[C@@H]2O1. The molecule has 0 saturated carbocycles. The first kappa shape index (κ1) is 12.4. The largest absolute Gasteiger partial charge is 0.493 e. The van der Waals surface area contributed by atoms with Crippen molar-refractivity contribution in [3.05, 3.63) is 12.3 Å². The molecule has 0 spiro atoms. The molecule has 0 aromatic heterocycles. The van der Waals surface area contributed by atoms with E-state index in [0.29, 0.717) is 6.61 Å². The summed E-state index contributed by atoms with van der Waals surface area (Å²) in [6.45, 7) is 8.12. The third-order valence-electron chi connectivity index (χ3n) is 3.39. The van der Waals surface area contributed by atoms with Gasteiger partial charge in [-0.15, -0.1) is 0 Å². The Morgan fingerprint density at radius 1 is 0.944 bits per heavy atom. The number of fused-ring (bicyclic) bond motifs is 3. The van der Waals surface area contributed by atoms with Gasteiger partial charge in [0.15, 0.2) is 11.6 Å². The van der Waals surface area contributed by atoms with E-state index < -0.39 is 11.6 Å². The third-order valence-corrected chi connectivity index (χ3v) is 3.39. The lowest BCUT2D eigenvalue weighted by Crippen LogP contribution is -2.55. The molecule has 0 aromatic carbocycles. The molecule has 2 unspecified atom stereocenters. The van der Waals surface area contributed by atoms with Crippen LogP contribution in [0.3, 0.4) is 0 Å². The minimum absolute atomic E-state index is 0.135. The van der Waals surface area contributed by atoms with Gasteiger partial charge in [-0.1, -0.05) is 0 Å². The Bertz CT molecular complexity index is 362. The maximum atomic E-state index is 5.97. The zero-order valence-electron chi connectivity index (χ0n) is 11.2. The van der Waals surface area contributed by atoms with Gasteiger partial charge >= 0.3 is 0 Å². The average Bonchev–Trinajstić information content (AvgIpc) is 2.47. The Morgan fingerprint density at radius 2 is 1.67 bits per heavy atom. The maximum Gasteiger partial charge on any atom is 0.164 e. The van der Waals surface area contributed by atoms with Crippen molar-refractivity contribution < 1.29 is 23.7 Å². The van der Waals surface area contributed by atoms with Gasteiger partial charge in [0.2, 0.25) is 0 Å². The molecule has 0 aromatic rings. The van der Waals surface area contributed by atoms with E-state index in [1.165, 1.54) is 0 Å². The number of rotatable bonds is 0. The molecule has 102 valence electrons. The quantitative estimate of drug-likeness (QED) is 0.658. The van der Waals surface area contributed by atoms with Gasteiger partial charge in [0.05, 0.1) is 12.9 Å². The highest BCUT2D eigenvalue weighted by atomic mass is 16.8. The Kier molecular flexibility index (Phi) is 2.71. The number of hydrogen-bond acceptors (Lipinski definition) is 5. The molecule has 3 rings (SSSR count). The molecule has 2 saturated heterocycles. The van der Waals surface area contributed by atoms with Crippen LogP contribution in [-0.2, 0) is 23.7 Å². The zero-order valence-corrected chi connectivity index (χ0v) is 11.2. The molecule has 18 heavy (non-hydrogen) atoms. The summed E-state index contributed by atoms with van der Waals surface area (Å²) in [5.41, 5.74) is 0. The zero-order chi connectivity index (χ0) is 13.0. The molecule has 0 amide bonds. The average molecular weight is 256 g/mol. The summed E-state index contributed by atoms with van der Waals surface area (Å²) in [4.78, 5) is 0. The first-order valence-electron chi connectivity index (χ1n) is 6.36. The summed E-state index contributed by atoms with van der Waals surface area (Å²) in [7, 11) is 0. The smallest absolute Gasteiger partial charge is 0.164 e. The molecule has 3 aliphatic rings. The second-order valence-corrected chi connectivity index (χ2v) is 5.86. The first-order valence-corrected chi connectivity index (χ1v) is 6.36. The Labute approximate surface area is 107 Å². The van der Waals surface area contributed by atoms with E-state index in [1.54, 1.807) is 6.26 Å². The highest BCUT2D eigenvalue weighted by Gasteiger charge is 2.52. The van der Waals surface area contributed by atoms with E-state index in [2.05, 4.69) is 0 Å². The summed E-state index contributed by atoms with van der Waals surface area (Å²) in [5, 5.41) is 0. The van der Waals surface area contributed by atoms with Crippen LogP contribution in [0.15, 0.2) is 12.3 Å². The Balaban J connectivity index is 1.86. The second kappa shape index (κ2) is 3.93. The van der Waals surface area contributed by atoms with E-state index in [0.717, 1.165) is 0 Å². The van der Waals surface area contributed by atoms with Crippen LogP contribution in [0.1, 0.15) is 27.7 Å². The predicted octanol–water partition coefficient (Wildman–Crippen LogP) is 1.57. The van der Waals surface area contributed by atoms with Gasteiger partial charge in [-0.05, 0) is 33.8 Å². The monoisotopic (exact) mass is 256 g/mol. The number of ether oxygens (including phenoxy) is 5. The van der Waals surface area contributed by atoms with Crippen LogP contribution < -0.4 is 0 Å². The van der Waals surface area contributed by atoms with Crippen molar-refractivity contribution >= 4 is 0 Å². The second-order valence-electron chi connectivity index (χ2n) is 5.86. The van der Waals surface area contributed by atoms with Gasteiger partial charge in [-0.3, -0.25) is 0 Å².